The van der Waals surface area contributed by atoms with Crippen LogP contribution in [0, 0.1) is 11.6 Å². The minimum atomic E-state index is -4.34. The molecule has 0 aliphatic rings. The Morgan fingerprint density at radius 3 is 2.23 bits per heavy atom. The lowest BCUT2D eigenvalue weighted by Gasteiger charge is -2.17. The largest absolute Gasteiger partial charge is 0.279 e. The van der Waals surface area contributed by atoms with E-state index in [1.807, 2.05) is 13.8 Å². The molecule has 2 rings (SSSR count). The van der Waals surface area contributed by atoms with Gasteiger partial charge in [0.2, 0.25) is 0 Å². The zero-order valence-electron chi connectivity index (χ0n) is 12.3. The minimum absolute atomic E-state index is 0.115. The fourth-order valence-electron chi connectivity index (χ4n) is 2.17. The Labute approximate surface area is 129 Å². The van der Waals surface area contributed by atoms with Crippen molar-refractivity contribution < 1.29 is 17.2 Å². The van der Waals surface area contributed by atoms with E-state index in [4.69, 9.17) is 0 Å². The molecule has 0 aliphatic heterocycles. The Morgan fingerprint density at radius 2 is 1.64 bits per heavy atom. The topological polar surface area (TPSA) is 46.2 Å². The second-order valence-corrected chi connectivity index (χ2v) is 6.67. The maximum Gasteiger partial charge on any atom is 0.267 e. The number of hydrogen-bond donors (Lipinski definition) is 1. The average molecular weight is 325 g/mol. The van der Waals surface area contributed by atoms with Crippen molar-refractivity contribution in [3.63, 3.8) is 0 Å². The molecule has 1 atom stereocenters. The van der Waals surface area contributed by atoms with Gasteiger partial charge >= 0.3 is 0 Å². The van der Waals surface area contributed by atoms with Crippen LogP contribution in [0.3, 0.4) is 0 Å². The Hall–Kier alpha value is -1.95. The molecule has 0 heterocycles. The van der Waals surface area contributed by atoms with Crippen molar-refractivity contribution in [3.8, 4) is 0 Å². The highest BCUT2D eigenvalue weighted by Gasteiger charge is 2.25. The van der Waals surface area contributed by atoms with Gasteiger partial charge in [-0.2, -0.15) is 0 Å². The lowest BCUT2D eigenvalue weighted by atomic mass is 9.97. The highest BCUT2D eigenvalue weighted by Crippen LogP contribution is 2.29. The number of anilines is 1. The quantitative estimate of drug-likeness (QED) is 0.892. The predicted octanol–water partition coefficient (Wildman–Crippen LogP) is 4.28. The molecule has 118 valence electrons. The van der Waals surface area contributed by atoms with Crippen molar-refractivity contribution in [2.24, 2.45) is 0 Å². The summed E-state index contributed by atoms with van der Waals surface area (Å²) in [5.41, 5.74) is 1.12. The highest BCUT2D eigenvalue weighted by atomic mass is 32.2. The maximum atomic E-state index is 13.7. The van der Waals surface area contributed by atoms with Gasteiger partial charge in [0.05, 0.1) is 5.69 Å². The summed E-state index contributed by atoms with van der Waals surface area (Å²) in [6, 6.07) is 9.79. The van der Waals surface area contributed by atoms with Crippen LogP contribution in [0.5, 0.6) is 0 Å². The van der Waals surface area contributed by atoms with Gasteiger partial charge in [-0.3, -0.25) is 4.72 Å². The number of para-hydroxylation sites is 1. The Kier molecular flexibility index (Phi) is 4.81. The molecule has 6 heteroatoms. The standard InChI is InChI=1S/C16H17F2NO2S/c1-3-11(2)12-7-4-5-10-15(12)19-22(20,21)16-13(17)8-6-9-14(16)18/h4-11,19H,3H2,1-2H3. The lowest BCUT2D eigenvalue weighted by molar-refractivity contribution is 0.521. The van der Waals surface area contributed by atoms with Crippen LogP contribution in [0.25, 0.3) is 0 Å². The van der Waals surface area contributed by atoms with Crippen LogP contribution < -0.4 is 4.72 Å². The fraction of sp³-hybridized carbons (Fsp3) is 0.250. The van der Waals surface area contributed by atoms with E-state index in [-0.39, 0.29) is 5.92 Å². The van der Waals surface area contributed by atoms with Gasteiger partial charge in [-0.05, 0) is 36.1 Å². The zero-order chi connectivity index (χ0) is 16.3. The summed E-state index contributed by atoms with van der Waals surface area (Å²) in [4.78, 5) is -0.964. The summed E-state index contributed by atoms with van der Waals surface area (Å²) in [6.07, 6.45) is 0.812. The molecule has 0 aliphatic carbocycles. The van der Waals surface area contributed by atoms with Gasteiger partial charge in [-0.25, -0.2) is 17.2 Å². The third-order valence-corrected chi connectivity index (χ3v) is 4.95. The molecule has 22 heavy (non-hydrogen) atoms. The van der Waals surface area contributed by atoms with Crippen LogP contribution in [0.15, 0.2) is 47.4 Å². The minimum Gasteiger partial charge on any atom is -0.279 e. The molecule has 0 radical (unpaired) electrons. The molecule has 3 nitrogen and oxygen atoms in total. The first-order valence-corrected chi connectivity index (χ1v) is 8.41. The number of hydrogen-bond acceptors (Lipinski definition) is 2. The second-order valence-electron chi connectivity index (χ2n) is 5.05. The first kappa shape index (κ1) is 16.4. The first-order chi connectivity index (χ1) is 10.4. The Balaban J connectivity index is 2.47. The van der Waals surface area contributed by atoms with E-state index in [0.29, 0.717) is 5.69 Å². The zero-order valence-corrected chi connectivity index (χ0v) is 13.1. The Bertz CT molecular complexity index is 755. The van der Waals surface area contributed by atoms with Gasteiger partial charge in [-0.1, -0.05) is 38.1 Å². The summed E-state index contributed by atoms with van der Waals surface area (Å²) < 4.78 is 54.4. The van der Waals surface area contributed by atoms with Crippen molar-refractivity contribution in [1.82, 2.24) is 0 Å². The number of sulfonamides is 1. The molecule has 0 bridgehead atoms. The predicted molar refractivity (Wildman–Crippen MR) is 82.3 cm³/mol. The second kappa shape index (κ2) is 6.44. The molecule has 1 unspecified atom stereocenters. The maximum absolute atomic E-state index is 13.7. The van der Waals surface area contributed by atoms with Crippen molar-refractivity contribution in [2.45, 2.75) is 31.1 Å². The Morgan fingerprint density at radius 1 is 1.05 bits per heavy atom. The van der Waals surface area contributed by atoms with Gasteiger partial charge in [0.25, 0.3) is 10.0 Å². The monoisotopic (exact) mass is 325 g/mol. The van der Waals surface area contributed by atoms with Crippen molar-refractivity contribution >= 4 is 15.7 Å². The number of benzene rings is 2. The molecular formula is C16H17F2NO2S. The van der Waals surface area contributed by atoms with Crippen LogP contribution in [0.2, 0.25) is 0 Å². The van der Waals surface area contributed by atoms with Gasteiger partial charge in [-0.15, -0.1) is 0 Å². The van der Waals surface area contributed by atoms with Gasteiger partial charge in [0.1, 0.15) is 11.6 Å². The van der Waals surface area contributed by atoms with Crippen LogP contribution >= 0.6 is 0 Å². The summed E-state index contributed by atoms with van der Waals surface area (Å²) in [6.45, 7) is 3.93. The third kappa shape index (κ3) is 3.27. The van der Waals surface area contributed by atoms with E-state index >= 15 is 0 Å². The molecule has 0 amide bonds. The summed E-state index contributed by atoms with van der Waals surface area (Å²) in [5, 5.41) is 0. The SMILES string of the molecule is CCC(C)c1ccccc1NS(=O)(=O)c1c(F)cccc1F. The average Bonchev–Trinajstić information content (AvgIpc) is 2.46. The third-order valence-electron chi connectivity index (χ3n) is 3.54. The number of nitrogens with one attached hydrogen (secondary N) is 1. The molecule has 1 N–H and O–H groups in total. The normalized spacial score (nSPS) is 12.9. The molecule has 0 aromatic heterocycles. The summed E-state index contributed by atoms with van der Waals surface area (Å²) in [5.74, 6) is -2.12. The number of halogens is 2. The number of rotatable bonds is 5. The summed E-state index contributed by atoms with van der Waals surface area (Å²) in [7, 11) is -4.34. The van der Waals surface area contributed by atoms with Crippen LogP contribution in [-0.2, 0) is 10.0 Å². The van der Waals surface area contributed by atoms with E-state index in [2.05, 4.69) is 4.72 Å². The first-order valence-electron chi connectivity index (χ1n) is 6.92. The van der Waals surface area contributed by atoms with Crippen LogP contribution in [-0.4, -0.2) is 8.42 Å². The van der Waals surface area contributed by atoms with Crippen LogP contribution in [0.4, 0.5) is 14.5 Å². The fourth-order valence-corrected chi connectivity index (χ4v) is 3.40. The molecule has 2 aromatic rings. The van der Waals surface area contributed by atoms with Crippen LogP contribution in [0.1, 0.15) is 31.7 Å². The molecule has 0 fully saturated rings. The van der Waals surface area contributed by atoms with Crippen molar-refractivity contribution in [2.75, 3.05) is 4.72 Å². The lowest BCUT2D eigenvalue weighted by Crippen LogP contribution is -2.17. The molecule has 0 spiro atoms. The van der Waals surface area contributed by atoms with Gasteiger partial charge in [0.15, 0.2) is 4.90 Å². The van der Waals surface area contributed by atoms with Gasteiger partial charge in [0, 0.05) is 0 Å². The van der Waals surface area contributed by atoms with E-state index in [1.54, 1.807) is 24.3 Å². The highest BCUT2D eigenvalue weighted by molar-refractivity contribution is 7.92. The molecule has 2 aromatic carbocycles. The molecule has 0 saturated carbocycles. The summed E-state index contributed by atoms with van der Waals surface area (Å²) >= 11 is 0. The van der Waals surface area contributed by atoms with E-state index in [0.717, 1.165) is 30.2 Å². The van der Waals surface area contributed by atoms with Crippen molar-refractivity contribution in [3.05, 3.63) is 59.7 Å². The van der Waals surface area contributed by atoms with Gasteiger partial charge < -0.3 is 0 Å². The molecular weight excluding hydrogens is 308 g/mol. The van der Waals surface area contributed by atoms with E-state index in [1.165, 1.54) is 0 Å². The van der Waals surface area contributed by atoms with E-state index in [9.17, 15) is 17.2 Å². The molecule has 0 saturated heterocycles. The smallest absolute Gasteiger partial charge is 0.267 e. The van der Waals surface area contributed by atoms with Crippen molar-refractivity contribution in [1.29, 1.82) is 0 Å². The van der Waals surface area contributed by atoms with E-state index < -0.39 is 26.6 Å².